The maximum atomic E-state index is 12.1. The van der Waals surface area contributed by atoms with E-state index >= 15 is 0 Å². The van der Waals surface area contributed by atoms with Gasteiger partial charge in [0.25, 0.3) is 0 Å². The molecule has 3 heteroatoms. The third-order valence-corrected chi connectivity index (χ3v) is 3.32. The Hall–Kier alpha value is -2.13. The fraction of sp³-hybridized carbons (Fsp3) is 0.278. The number of esters is 1. The molecule has 110 valence electrons. The minimum Gasteiger partial charge on any atom is -0.455 e. The van der Waals surface area contributed by atoms with E-state index in [0.29, 0.717) is 5.56 Å². The number of hydrogen-bond donors (Lipinski definition) is 1. The molecule has 0 saturated carbocycles. The number of aliphatic hydroxyl groups excluding tert-OH is 1. The summed E-state index contributed by atoms with van der Waals surface area (Å²) in [6.45, 7) is 2.04. The summed E-state index contributed by atoms with van der Waals surface area (Å²) in [5, 5.41) is 10.1. The van der Waals surface area contributed by atoms with Crippen LogP contribution < -0.4 is 0 Å². The van der Waals surface area contributed by atoms with Crippen molar-refractivity contribution in [2.75, 3.05) is 0 Å². The van der Waals surface area contributed by atoms with Gasteiger partial charge in [0, 0.05) is 0 Å². The van der Waals surface area contributed by atoms with E-state index in [4.69, 9.17) is 4.74 Å². The summed E-state index contributed by atoms with van der Waals surface area (Å²) in [5.41, 5.74) is 1.50. The average molecular weight is 284 g/mol. The van der Waals surface area contributed by atoms with Crippen LogP contribution in [0.5, 0.6) is 0 Å². The van der Waals surface area contributed by atoms with E-state index in [1.165, 1.54) is 0 Å². The number of carbonyl (C=O) groups is 1. The second kappa shape index (κ2) is 7.60. The normalized spacial score (nSPS) is 13.4. The first kappa shape index (κ1) is 15.3. The fourth-order valence-electron chi connectivity index (χ4n) is 2.20. The molecular formula is C18H20O3. The first-order valence-corrected chi connectivity index (χ1v) is 7.20. The van der Waals surface area contributed by atoms with Gasteiger partial charge in [0.15, 0.2) is 6.10 Å². The minimum absolute atomic E-state index is 0.318. The lowest BCUT2D eigenvalue weighted by molar-refractivity contribution is -0.160. The van der Waals surface area contributed by atoms with Gasteiger partial charge in [0.2, 0.25) is 0 Å². The molecule has 1 N–H and O–H groups in total. The summed E-state index contributed by atoms with van der Waals surface area (Å²) in [6, 6.07) is 18.5. The van der Waals surface area contributed by atoms with E-state index in [2.05, 4.69) is 0 Å². The van der Waals surface area contributed by atoms with Crippen molar-refractivity contribution in [3.8, 4) is 0 Å². The summed E-state index contributed by atoms with van der Waals surface area (Å²) >= 11 is 0. The molecule has 2 aromatic carbocycles. The van der Waals surface area contributed by atoms with Gasteiger partial charge in [0.1, 0.15) is 6.10 Å². The number of ether oxygens (including phenoxy) is 1. The molecule has 0 saturated heterocycles. The Bertz CT molecular complexity index is 551. The molecule has 0 fully saturated rings. The Labute approximate surface area is 125 Å². The van der Waals surface area contributed by atoms with E-state index < -0.39 is 12.1 Å². The maximum absolute atomic E-state index is 12.1. The fourth-order valence-corrected chi connectivity index (χ4v) is 2.20. The standard InChI is InChI=1S/C18H20O3/c1-2-9-16(14-10-5-3-6-11-14)21-18(20)17(19)15-12-7-4-8-13-15/h3-8,10-13,16-17,19H,2,9H2,1H3. The molecular weight excluding hydrogens is 264 g/mol. The Balaban J connectivity index is 2.08. The molecule has 2 unspecified atom stereocenters. The Kier molecular flexibility index (Phi) is 5.52. The minimum atomic E-state index is -1.24. The van der Waals surface area contributed by atoms with Crippen LogP contribution in [0.1, 0.15) is 43.1 Å². The van der Waals surface area contributed by atoms with E-state index in [9.17, 15) is 9.90 Å². The predicted molar refractivity (Wildman–Crippen MR) is 81.6 cm³/mol. The summed E-state index contributed by atoms with van der Waals surface area (Å²) in [5.74, 6) is -0.608. The molecule has 3 nitrogen and oxygen atoms in total. The molecule has 0 aliphatic carbocycles. The lowest BCUT2D eigenvalue weighted by Gasteiger charge is -2.20. The van der Waals surface area contributed by atoms with Gasteiger partial charge >= 0.3 is 5.97 Å². The predicted octanol–water partition coefficient (Wildman–Crippen LogP) is 3.80. The van der Waals surface area contributed by atoms with Crippen LogP contribution in [0.25, 0.3) is 0 Å². The quantitative estimate of drug-likeness (QED) is 0.821. The molecule has 0 radical (unpaired) electrons. The van der Waals surface area contributed by atoms with Gasteiger partial charge in [-0.05, 0) is 17.5 Å². The molecule has 0 aliphatic rings. The molecule has 0 aromatic heterocycles. The topological polar surface area (TPSA) is 46.5 Å². The third-order valence-electron chi connectivity index (χ3n) is 3.32. The molecule has 2 aromatic rings. The number of benzene rings is 2. The molecule has 0 spiro atoms. The number of carbonyl (C=O) groups excluding carboxylic acids is 1. The van der Waals surface area contributed by atoms with Crippen molar-refractivity contribution in [1.29, 1.82) is 0 Å². The van der Waals surface area contributed by atoms with Crippen molar-refractivity contribution in [3.05, 3.63) is 71.8 Å². The van der Waals surface area contributed by atoms with Gasteiger partial charge in [-0.25, -0.2) is 4.79 Å². The zero-order valence-corrected chi connectivity index (χ0v) is 12.1. The zero-order valence-electron chi connectivity index (χ0n) is 12.1. The van der Waals surface area contributed by atoms with Gasteiger partial charge in [-0.3, -0.25) is 0 Å². The van der Waals surface area contributed by atoms with Crippen LogP contribution in [0.2, 0.25) is 0 Å². The van der Waals surface area contributed by atoms with Crippen LogP contribution in [0.15, 0.2) is 60.7 Å². The van der Waals surface area contributed by atoms with Crippen LogP contribution in [0.4, 0.5) is 0 Å². The molecule has 2 rings (SSSR count). The summed E-state index contributed by atoms with van der Waals surface area (Å²) < 4.78 is 5.50. The van der Waals surface area contributed by atoms with E-state index in [0.717, 1.165) is 18.4 Å². The molecule has 21 heavy (non-hydrogen) atoms. The first-order valence-electron chi connectivity index (χ1n) is 7.20. The lowest BCUT2D eigenvalue weighted by Crippen LogP contribution is -2.18. The Morgan fingerprint density at radius 3 is 2.05 bits per heavy atom. The van der Waals surface area contributed by atoms with Crippen LogP contribution in [-0.4, -0.2) is 11.1 Å². The van der Waals surface area contributed by atoms with E-state index in [-0.39, 0.29) is 6.10 Å². The lowest BCUT2D eigenvalue weighted by atomic mass is 10.0. The van der Waals surface area contributed by atoms with Gasteiger partial charge in [-0.15, -0.1) is 0 Å². The highest BCUT2D eigenvalue weighted by atomic mass is 16.6. The van der Waals surface area contributed by atoms with Crippen molar-refractivity contribution in [2.24, 2.45) is 0 Å². The third kappa shape index (κ3) is 4.17. The van der Waals surface area contributed by atoms with Gasteiger partial charge in [-0.2, -0.15) is 0 Å². The highest BCUT2D eigenvalue weighted by Gasteiger charge is 2.23. The van der Waals surface area contributed by atoms with Crippen LogP contribution >= 0.6 is 0 Å². The number of rotatable bonds is 6. The highest BCUT2D eigenvalue weighted by Crippen LogP contribution is 2.25. The average Bonchev–Trinajstić information content (AvgIpc) is 2.55. The van der Waals surface area contributed by atoms with Crippen LogP contribution in [0.3, 0.4) is 0 Å². The highest BCUT2D eigenvalue weighted by molar-refractivity contribution is 5.76. The van der Waals surface area contributed by atoms with Crippen molar-refractivity contribution in [2.45, 2.75) is 32.0 Å². The molecule has 2 atom stereocenters. The first-order chi connectivity index (χ1) is 10.2. The van der Waals surface area contributed by atoms with Gasteiger partial charge in [-0.1, -0.05) is 74.0 Å². The second-order valence-electron chi connectivity index (χ2n) is 4.94. The summed E-state index contributed by atoms with van der Waals surface area (Å²) in [7, 11) is 0. The molecule has 0 aliphatic heterocycles. The number of aliphatic hydroxyl groups is 1. The summed E-state index contributed by atoms with van der Waals surface area (Å²) in [4.78, 5) is 12.1. The van der Waals surface area contributed by atoms with Crippen molar-refractivity contribution >= 4 is 5.97 Å². The largest absolute Gasteiger partial charge is 0.455 e. The van der Waals surface area contributed by atoms with Gasteiger partial charge in [0.05, 0.1) is 0 Å². The van der Waals surface area contributed by atoms with E-state index in [1.54, 1.807) is 24.3 Å². The zero-order chi connectivity index (χ0) is 15.1. The van der Waals surface area contributed by atoms with Crippen molar-refractivity contribution in [1.82, 2.24) is 0 Å². The van der Waals surface area contributed by atoms with Gasteiger partial charge < -0.3 is 9.84 Å². The molecule has 0 heterocycles. The van der Waals surface area contributed by atoms with Crippen molar-refractivity contribution < 1.29 is 14.6 Å². The Morgan fingerprint density at radius 2 is 1.52 bits per heavy atom. The maximum Gasteiger partial charge on any atom is 0.340 e. The monoisotopic (exact) mass is 284 g/mol. The molecule has 0 amide bonds. The SMILES string of the molecule is CCCC(OC(=O)C(O)c1ccccc1)c1ccccc1. The van der Waals surface area contributed by atoms with Crippen LogP contribution in [0, 0.1) is 0 Å². The van der Waals surface area contributed by atoms with Crippen LogP contribution in [-0.2, 0) is 9.53 Å². The van der Waals surface area contributed by atoms with E-state index in [1.807, 2.05) is 43.3 Å². The Morgan fingerprint density at radius 1 is 1.00 bits per heavy atom. The number of hydrogen-bond acceptors (Lipinski definition) is 3. The smallest absolute Gasteiger partial charge is 0.340 e. The second-order valence-corrected chi connectivity index (χ2v) is 4.94. The van der Waals surface area contributed by atoms with Crippen molar-refractivity contribution in [3.63, 3.8) is 0 Å². The molecule has 0 bridgehead atoms. The summed E-state index contributed by atoms with van der Waals surface area (Å²) in [6.07, 6.45) is 0.0715.